The number of nitrogens with one attached hydrogen (secondary N) is 1. The Hall–Kier alpha value is -0.890. The number of halogens is 1. The molecule has 1 N–H and O–H groups in total. The first-order chi connectivity index (χ1) is 7.07. The lowest BCUT2D eigenvalue weighted by molar-refractivity contribution is 0.245. The van der Waals surface area contributed by atoms with Crippen molar-refractivity contribution in [2.45, 2.75) is 44.7 Å². The van der Waals surface area contributed by atoms with Crippen LogP contribution in [-0.4, -0.2) is 5.54 Å². The average molecular weight is 206 g/mol. The van der Waals surface area contributed by atoms with Crippen molar-refractivity contribution in [3.63, 3.8) is 0 Å². The molecule has 0 spiro atoms. The van der Waals surface area contributed by atoms with Gasteiger partial charge in [-0.2, -0.15) is 0 Å². The Morgan fingerprint density at radius 1 is 1.53 bits per heavy atom. The SMILES string of the molecule is CC1(C)CCCC(c2cc[c]c(F)c2)N1. The van der Waals surface area contributed by atoms with Crippen molar-refractivity contribution in [3.8, 4) is 0 Å². The minimum Gasteiger partial charge on any atom is -0.305 e. The van der Waals surface area contributed by atoms with Crippen LogP contribution in [0.4, 0.5) is 4.39 Å². The van der Waals surface area contributed by atoms with Crippen molar-refractivity contribution in [1.82, 2.24) is 5.32 Å². The van der Waals surface area contributed by atoms with Gasteiger partial charge in [-0.25, -0.2) is 4.39 Å². The summed E-state index contributed by atoms with van der Waals surface area (Å²) < 4.78 is 13.0. The Morgan fingerprint density at radius 3 is 3.00 bits per heavy atom. The summed E-state index contributed by atoms with van der Waals surface area (Å²) in [5.41, 5.74) is 1.21. The maximum Gasteiger partial charge on any atom is 0.131 e. The van der Waals surface area contributed by atoms with Crippen LogP contribution in [0.5, 0.6) is 0 Å². The van der Waals surface area contributed by atoms with E-state index in [0.717, 1.165) is 12.0 Å². The van der Waals surface area contributed by atoms with Crippen LogP contribution >= 0.6 is 0 Å². The molecule has 1 radical (unpaired) electrons. The quantitative estimate of drug-likeness (QED) is 0.744. The largest absolute Gasteiger partial charge is 0.305 e. The average Bonchev–Trinajstić information content (AvgIpc) is 2.16. The first-order valence-electron chi connectivity index (χ1n) is 5.52. The fraction of sp³-hybridized carbons (Fsp3) is 0.538. The van der Waals surface area contributed by atoms with Gasteiger partial charge < -0.3 is 5.32 Å². The van der Waals surface area contributed by atoms with Gasteiger partial charge in [0.25, 0.3) is 0 Å². The van der Waals surface area contributed by atoms with Gasteiger partial charge >= 0.3 is 0 Å². The highest BCUT2D eigenvalue weighted by atomic mass is 19.1. The first-order valence-corrected chi connectivity index (χ1v) is 5.52. The maximum absolute atomic E-state index is 13.0. The summed E-state index contributed by atoms with van der Waals surface area (Å²) in [6, 6.07) is 8.02. The van der Waals surface area contributed by atoms with Gasteiger partial charge in [-0.15, -0.1) is 0 Å². The molecule has 15 heavy (non-hydrogen) atoms. The van der Waals surface area contributed by atoms with E-state index in [1.807, 2.05) is 6.07 Å². The van der Waals surface area contributed by atoms with Gasteiger partial charge in [-0.1, -0.05) is 12.1 Å². The van der Waals surface area contributed by atoms with Gasteiger partial charge in [-0.3, -0.25) is 0 Å². The van der Waals surface area contributed by atoms with Gasteiger partial charge in [0.1, 0.15) is 5.82 Å². The van der Waals surface area contributed by atoms with Crippen LogP contribution in [0.1, 0.15) is 44.7 Å². The Kier molecular flexibility index (Phi) is 2.79. The summed E-state index contributed by atoms with van der Waals surface area (Å²) in [4.78, 5) is 0. The molecule has 0 saturated carbocycles. The third-order valence-electron chi connectivity index (χ3n) is 3.05. The number of benzene rings is 1. The van der Waals surface area contributed by atoms with Gasteiger partial charge in [0.2, 0.25) is 0 Å². The molecule has 0 amide bonds. The van der Waals surface area contributed by atoms with E-state index in [1.54, 1.807) is 12.1 Å². The predicted molar refractivity (Wildman–Crippen MR) is 59.0 cm³/mol. The molecule has 1 aromatic rings. The van der Waals surface area contributed by atoms with E-state index < -0.39 is 0 Å². The van der Waals surface area contributed by atoms with E-state index in [0.29, 0.717) is 0 Å². The highest BCUT2D eigenvalue weighted by Gasteiger charge is 2.27. The minimum atomic E-state index is -0.266. The van der Waals surface area contributed by atoms with Crippen LogP contribution in [0.25, 0.3) is 0 Å². The Labute approximate surface area is 90.7 Å². The molecular formula is C13H17FN. The topological polar surface area (TPSA) is 12.0 Å². The number of hydrogen-bond acceptors (Lipinski definition) is 1. The molecule has 0 aliphatic carbocycles. The summed E-state index contributed by atoms with van der Waals surface area (Å²) in [6.45, 7) is 4.40. The standard InChI is InChI=1S/C13H17FN/c1-13(2)8-4-7-12(15-13)10-5-3-6-11(14)9-10/h3,5,9,12,15H,4,7-8H2,1-2H3. The molecule has 0 aromatic heterocycles. The van der Waals surface area contributed by atoms with E-state index in [2.05, 4.69) is 25.2 Å². The molecule has 1 unspecified atom stereocenters. The fourth-order valence-electron chi connectivity index (χ4n) is 2.28. The second kappa shape index (κ2) is 3.93. The van der Waals surface area contributed by atoms with Gasteiger partial charge in [-0.05, 0) is 44.7 Å². The maximum atomic E-state index is 13.0. The zero-order valence-corrected chi connectivity index (χ0v) is 9.31. The zero-order chi connectivity index (χ0) is 10.9. The molecule has 1 aliphatic rings. The van der Waals surface area contributed by atoms with Crippen LogP contribution < -0.4 is 5.32 Å². The molecule has 1 nitrogen and oxygen atoms in total. The molecule has 1 heterocycles. The Bertz CT molecular complexity index is 346. The number of piperidine rings is 1. The molecule has 2 heteroatoms. The highest BCUT2D eigenvalue weighted by Crippen LogP contribution is 2.30. The molecule has 2 rings (SSSR count). The zero-order valence-electron chi connectivity index (χ0n) is 9.31. The van der Waals surface area contributed by atoms with E-state index >= 15 is 0 Å². The van der Waals surface area contributed by atoms with Crippen molar-refractivity contribution in [1.29, 1.82) is 0 Å². The molecular weight excluding hydrogens is 189 g/mol. The van der Waals surface area contributed by atoms with Crippen LogP contribution in [0.2, 0.25) is 0 Å². The molecule has 0 bridgehead atoms. The summed E-state index contributed by atoms with van der Waals surface area (Å²) in [5.74, 6) is -0.266. The summed E-state index contributed by atoms with van der Waals surface area (Å²) in [6.07, 6.45) is 3.47. The van der Waals surface area contributed by atoms with E-state index in [9.17, 15) is 4.39 Å². The third-order valence-corrected chi connectivity index (χ3v) is 3.05. The lowest BCUT2D eigenvalue weighted by Gasteiger charge is -2.37. The molecule has 81 valence electrons. The summed E-state index contributed by atoms with van der Waals surface area (Å²) in [5, 5.41) is 3.56. The highest BCUT2D eigenvalue weighted by molar-refractivity contribution is 5.20. The second-order valence-electron chi connectivity index (χ2n) is 4.94. The Balaban J connectivity index is 2.17. The summed E-state index contributed by atoms with van der Waals surface area (Å²) in [7, 11) is 0. The van der Waals surface area contributed by atoms with Crippen molar-refractivity contribution >= 4 is 0 Å². The van der Waals surface area contributed by atoms with Crippen LogP contribution in [0, 0.1) is 11.9 Å². The molecule has 1 saturated heterocycles. The molecule has 1 fully saturated rings. The first kappa shape index (κ1) is 10.6. The Morgan fingerprint density at radius 2 is 2.33 bits per heavy atom. The van der Waals surface area contributed by atoms with Crippen molar-refractivity contribution in [2.75, 3.05) is 0 Å². The number of rotatable bonds is 1. The van der Waals surface area contributed by atoms with E-state index in [4.69, 9.17) is 0 Å². The number of hydrogen-bond donors (Lipinski definition) is 1. The lowest BCUT2D eigenvalue weighted by Crippen LogP contribution is -2.44. The van der Waals surface area contributed by atoms with Gasteiger partial charge in [0, 0.05) is 17.6 Å². The molecule has 1 aromatic carbocycles. The van der Waals surface area contributed by atoms with Crippen LogP contribution in [0.15, 0.2) is 18.2 Å². The summed E-state index contributed by atoms with van der Waals surface area (Å²) >= 11 is 0. The monoisotopic (exact) mass is 206 g/mol. The molecule has 1 aliphatic heterocycles. The fourth-order valence-corrected chi connectivity index (χ4v) is 2.28. The predicted octanol–water partition coefficient (Wildman–Crippen LogP) is 3.22. The van der Waals surface area contributed by atoms with Crippen LogP contribution in [0.3, 0.4) is 0 Å². The van der Waals surface area contributed by atoms with E-state index in [1.165, 1.54) is 12.8 Å². The normalized spacial score (nSPS) is 25.1. The smallest absolute Gasteiger partial charge is 0.131 e. The third kappa shape index (κ3) is 2.57. The van der Waals surface area contributed by atoms with Crippen molar-refractivity contribution in [2.24, 2.45) is 0 Å². The van der Waals surface area contributed by atoms with Crippen LogP contribution in [-0.2, 0) is 0 Å². The van der Waals surface area contributed by atoms with Crippen molar-refractivity contribution < 1.29 is 4.39 Å². The minimum absolute atomic E-state index is 0.166. The lowest BCUT2D eigenvalue weighted by atomic mass is 9.86. The molecule has 1 atom stereocenters. The van der Waals surface area contributed by atoms with Gasteiger partial charge in [0.15, 0.2) is 0 Å². The van der Waals surface area contributed by atoms with Crippen molar-refractivity contribution in [3.05, 3.63) is 35.6 Å². The van der Waals surface area contributed by atoms with Gasteiger partial charge in [0.05, 0.1) is 0 Å². The second-order valence-corrected chi connectivity index (χ2v) is 4.94. The van der Waals surface area contributed by atoms with E-state index in [-0.39, 0.29) is 17.4 Å².